The van der Waals surface area contributed by atoms with Crippen LogP contribution >= 0.6 is 28.3 Å². The highest BCUT2D eigenvalue weighted by atomic mass is 79.9. The predicted molar refractivity (Wildman–Crippen MR) is 124 cm³/mol. The number of tetrazole rings is 1. The zero-order valence-electron chi connectivity index (χ0n) is 16.3. The van der Waals surface area contributed by atoms with Gasteiger partial charge in [0, 0.05) is 10.4 Å². The number of nitrogens with zero attached hydrogens (tertiary/aromatic N) is 7. The summed E-state index contributed by atoms with van der Waals surface area (Å²) >= 11 is 1.64. The minimum atomic E-state index is 0. The van der Waals surface area contributed by atoms with E-state index in [-0.39, 0.29) is 17.0 Å². The fourth-order valence-electron chi connectivity index (χ4n) is 2.57. The third-order valence-corrected chi connectivity index (χ3v) is 5.15. The lowest BCUT2D eigenvalue weighted by Gasteiger charge is -2.25. The number of thiazole rings is 1. The maximum atomic E-state index is 4.76. The van der Waals surface area contributed by atoms with Crippen molar-refractivity contribution in [2.24, 2.45) is 5.10 Å². The van der Waals surface area contributed by atoms with Crippen LogP contribution in [0.2, 0.25) is 0 Å². The molecule has 0 atom stereocenters. The van der Waals surface area contributed by atoms with Crippen molar-refractivity contribution in [2.75, 3.05) is 10.2 Å². The molecule has 5 rings (SSSR count). The monoisotopic (exact) mass is 485 g/mol. The first-order valence-corrected chi connectivity index (χ1v) is 9.70. The van der Waals surface area contributed by atoms with Gasteiger partial charge in [-0.2, -0.15) is 5.21 Å². The Balaban J connectivity index is 0.000000376. The largest absolute Gasteiger partial charge is 0.256 e. The van der Waals surface area contributed by atoms with Crippen molar-refractivity contribution in [3.05, 3.63) is 83.1 Å². The van der Waals surface area contributed by atoms with Gasteiger partial charge in [-0.15, -0.1) is 42.5 Å². The number of hydrazine groups is 2. The van der Waals surface area contributed by atoms with Crippen LogP contribution in [0.4, 0.5) is 10.8 Å². The SMILES string of the molecule is Br.Cc1nc(N2NC(c3ccccc3)=NN2c2ccccc2)sc1C.c1nn[nH]n1. The molecule has 0 saturated heterocycles. The van der Waals surface area contributed by atoms with Gasteiger partial charge in [0.2, 0.25) is 5.13 Å². The minimum absolute atomic E-state index is 0. The smallest absolute Gasteiger partial charge is 0.228 e. The second-order valence-electron chi connectivity index (χ2n) is 6.06. The van der Waals surface area contributed by atoms with Crippen molar-refractivity contribution in [2.45, 2.75) is 13.8 Å². The first kappa shape index (κ1) is 21.4. The van der Waals surface area contributed by atoms with Crippen LogP contribution < -0.4 is 15.7 Å². The molecular formula is C19H20BrN9S. The van der Waals surface area contributed by atoms with Gasteiger partial charge >= 0.3 is 0 Å². The summed E-state index contributed by atoms with van der Waals surface area (Å²) in [6.45, 7) is 4.11. The van der Waals surface area contributed by atoms with Gasteiger partial charge in [-0.3, -0.25) is 5.43 Å². The van der Waals surface area contributed by atoms with Crippen LogP contribution in [0.1, 0.15) is 16.1 Å². The summed E-state index contributed by atoms with van der Waals surface area (Å²) in [5, 5.41) is 21.5. The third-order valence-electron chi connectivity index (χ3n) is 4.10. The van der Waals surface area contributed by atoms with E-state index in [1.165, 1.54) is 11.2 Å². The minimum Gasteiger partial charge on any atom is -0.256 e. The number of benzene rings is 2. The van der Waals surface area contributed by atoms with Gasteiger partial charge in [-0.25, -0.2) is 4.98 Å². The fourth-order valence-corrected chi connectivity index (χ4v) is 3.43. The molecule has 0 bridgehead atoms. The zero-order chi connectivity index (χ0) is 20.1. The molecule has 2 aromatic carbocycles. The van der Waals surface area contributed by atoms with Crippen LogP contribution in [0.25, 0.3) is 0 Å². The van der Waals surface area contributed by atoms with E-state index in [0.29, 0.717) is 0 Å². The number of anilines is 2. The van der Waals surface area contributed by atoms with Crippen LogP contribution in [0.5, 0.6) is 0 Å². The molecule has 0 radical (unpaired) electrons. The number of H-pyrrole nitrogens is 1. The Bertz CT molecular complexity index is 1030. The van der Waals surface area contributed by atoms with E-state index in [2.05, 4.69) is 38.0 Å². The molecule has 0 aliphatic carbocycles. The third kappa shape index (κ3) is 4.81. The first-order valence-electron chi connectivity index (χ1n) is 8.88. The second-order valence-corrected chi connectivity index (χ2v) is 7.24. The Morgan fingerprint density at radius 3 is 2.17 bits per heavy atom. The average Bonchev–Trinajstić information content (AvgIpc) is 3.52. The van der Waals surface area contributed by atoms with E-state index in [4.69, 9.17) is 5.10 Å². The molecule has 0 amide bonds. The first-order chi connectivity index (χ1) is 14.2. The van der Waals surface area contributed by atoms with Crippen molar-refractivity contribution in [3.8, 4) is 0 Å². The Hall–Kier alpha value is -3.31. The van der Waals surface area contributed by atoms with Gasteiger partial charge in [-0.05, 0) is 26.0 Å². The van der Waals surface area contributed by atoms with Crippen molar-refractivity contribution in [1.82, 2.24) is 31.0 Å². The van der Waals surface area contributed by atoms with Gasteiger partial charge in [0.25, 0.3) is 0 Å². The number of rotatable bonds is 3. The van der Waals surface area contributed by atoms with E-state index >= 15 is 0 Å². The molecule has 0 spiro atoms. The number of para-hydroxylation sites is 1. The molecule has 3 heterocycles. The zero-order valence-corrected chi connectivity index (χ0v) is 18.8. The van der Waals surface area contributed by atoms with E-state index in [9.17, 15) is 0 Å². The molecule has 30 heavy (non-hydrogen) atoms. The van der Waals surface area contributed by atoms with Crippen molar-refractivity contribution in [3.63, 3.8) is 0 Å². The molecule has 4 aromatic rings. The summed E-state index contributed by atoms with van der Waals surface area (Å²) in [5.74, 6) is 0.796. The number of amidine groups is 1. The fraction of sp³-hybridized carbons (Fsp3) is 0.105. The molecule has 1 aliphatic heterocycles. The van der Waals surface area contributed by atoms with Gasteiger partial charge in [0.05, 0.1) is 11.4 Å². The van der Waals surface area contributed by atoms with E-state index < -0.39 is 0 Å². The Kier molecular flexibility index (Phi) is 7.09. The van der Waals surface area contributed by atoms with Crippen LogP contribution in [0, 0.1) is 13.8 Å². The van der Waals surface area contributed by atoms with Gasteiger partial charge < -0.3 is 0 Å². The van der Waals surface area contributed by atoms with Gasteiger partial charge in [-0.1, -0.05) is 65.1 Å². The average molecular weight is 486 g/mol. The van der Waals surface area contributed by atoms with E-state index in [0.717, 1.165) is 27.9 Å². The molecule has 2 N–H and O–H groups in total. The number of aryl methyl sites for hydroxylation is 2. The Labute approximate surface area is 188 Å². The van der Waals surface area contributed by atoms with Crippen molar-refractivity contribution >= 4 is 45.0 Å². The maximum absolute atomic E-state index is 4.76. The maximum Gasteiger partial charge on any atom is 0.228 e. The quantitative estimate of drug-likeness (QED) is 0.456. The van der Waals surface area contributed by atoms with Crippen LogP contribution in [0.3, 0.4) is 0 Å². The molecule has 11 heteroatoms. The number of nitrogens with one attached hydrogen (secondary N) is 2. The van der Waals surface area contributed by atoms with E-state index in [1.54, 1.807) is 11.3 Å². The summed E-state index contributed by atoms with van der Waals surface area (Å²) in [7, 11) is 0. The topological polar surface area (TPSA) is 98.2 Å². The molecule has 0 unspecified atom stereocenters. The van der Waals surface area contributed by atoms with Gasteiger partial charge in [0.1, 0.15) is 0 Å². The number of aromatic nitrogens is 5. The summed E-state index contributed by atoms with van der Waals surface area (Å²) in [6.07, 6.45) is 1.33. The lowest BCUT2D eigenvalue weighted by Crippen LogP contribution is -2.44. The van der Waals surface area contributed by atoms with Crippen molar-refractivity contribution in [1.29, 1.82) is 0 Å². The number of hydrogen-bond acceptors (Lipinski definition) is 9. The van der Waals surface area contributed by atoms with Crippen molar-refractivity contribution < 1.29 is 0 Å². The lowest BCUT2D eigenvalue weighted by molar-refractivity contribution is 0.765. The van der Waals surface area contributed by atoms with E-state index in [1.807, 2.05) is 77.8 Å². The molecule has 154 valence electrons. The molecule has 9 nitrogen and oxygen atoms in total. The molecular weight excluding hydrogens is 466 g/mol. The highest BCUT2D eigenvalue weighted by Crippen LogP contribution is 2.30. The summed E-state index contributed by atoms with van der Waals surface area (Å²) in [4.78, 5) is 5.86. The molecule has 0 fully saturated rings. The number of aromatic amines is 1. The summed E-state index contributed by atoms with van der Waals surface area (Å²) in [5.41, 5.74) is 6.42. The summed E-state index contributed by atoms with van der Waals surface area (Å²) in [6, 6.07) is 20.1. The molecule has 1 aliphatic rings. The summed E-state index contributed by atoms with van der Waals surface area (Å²) < 4.78 is 0. The highest BCUT2D eigenvalue weighted by molar-refractivity contribution is 8.93. The Morgan fingerprint density at radius 2 is 1.63 bits per heavy atom. The number of hydrazone groups is 1. The standard InChI is InChI=1S/C18H17N5S.CH2N4.BrH/c1-13-14(2)24-18(19-13)23-21-17(15-9-5-3-6-10-15)20-22(23)16-11-7-4-8-12-16;1-2-4-5-3-1;/h3-12H,1-2H3,(H,20,21);1H,(H,2,3,4,5);1H. The van der Waals surface area contributed by atoms with Crippen LogP contribution in [-0.2, 0) is 0 Å². The van der Waals surface area contributed by atoms with Crippen LogP contribution in [0.15, 0.2) is 72.1 Å². The normalized spacial score (nSPS) is 12.4. The number of hydrogen-bond donors (Lipinski definition) is 2. The predicted octanol–water partition coefficient (Wildman–Crippen LogP) is 3.65. The molecule has 0 saturated carbocycles. The molecule has 2 aromatic heterocycles. The number of halogens is 1. The lowest BCUT2D eigenvalue weighted by atomic mass is 10.2. The van der Waals surface area contributed by atoms with Crippen LogP contribution in [-0.4, -0.2) is 31.4 Å². The second kappa shape index (κ2) is 9.94. The van der Waals surface area contributed by atoms with Gasteiger partial charge in [0.15, 0.2) is 12.2 Å². The highest BCUT2D eigenvalue weighted by Gasteiger charge is 2.28. The Morgan fingerprint density at radius 1 is 0.933 bits per heavy atom.